The molecule has 0 spiro atoms. The number of carbonyl (C=O) groups is 1. The number of carboxylic acid groups (broad SMARTS) is 1. The average Bonchev–Trinajstić information content (AvgIpc) is 2.66. The van der Waals surface area contributed by atoms with E-state index in [-0.39, 0.29) is 5.95 Å². The van der Waals surface area contributed by atoms with Crippen LogP contribution in [-0.4, -0.2) is 39.2 Å². The Morgan fingerprint density at radius 3 is 2.80 bits per heavy atom. The van der Waals surface area contributed by atoms with E-state index in [1.807, 2.05) is 0 Å². The molecule has 0 aliphatic carbocycles. The van der Waals surface area contributed by atoms with E-state index in [1.165, 1.54) is 0 Å². The van der Waals surface area contributed by atoms with Crippen LogP contribution in [0.4, 0.5) is 10.7 Å². The molecule has 1 heterocycles. The van der Waals surface area contributed by atoms with Crippen LogP contribution in [0.3, 0.4) is 0 Å². The lowest BCUT2D eigenvalue weighted by Crippen LogP contribution is -2.32. The van der Waals surface area contributed by atoms with Gasteiger partial charge in [-0.3, -0.25) is 5.32 Å². The Kier molecular flexibility index (Phi) is 4.07. The zero-order chi connectivity index (χ0) is 14.9. The van der Waals surface area contributed by atoms with Crippen molar-refractivity contribution in [1.82, 2.24) is 9.97 Å². The minimum absolute atomic E-state index is 0.167. The molecule has 3 N–H and O–H groups in total. The van der Waals surface area contributed by atoms with E-state index in [9.17, 15) is 9.35 Å². The highest BCUT2D eigenvalue weighted by Crippen LogP contribution is 2.21. The van der Waals surface area contributed by atoms with Gasteiger partial charge in [-0.05, 0) is 23.3 Å². The molecule has 2 aromatic rings. The van der Waals surface area contributed by atoms with Gasteiger partial charge in [0.1, 0.15) is 8.07 Å². The van der Waals surface area contributed by atoms with Gasteiger partial charge in [0.05, 0.1) is 16.4 Å². The number of nitrogens with zero attached hydrogens (tertiary/aromatic N) is 1. The third-order valence-corrected chi connectivity index (χ3v) is 7.80. The molecule has 0 saturated heterocycles. The van der Waals surface area contributed by atoms with Crippen molar-refractivity contribution in [2.24, 2.45) is 0 Å². The Labute approximate surface area is 120 Å². The highest BCUT2D eigenvalue weighted by atomic mass is 32.2. The van der Waals surface area contributed by atoms with Crippen molar-refractivity contribution in [2.45, 2.75) is 24.5 Å². The number of amides is 1. The summed E-state index contributed by atoms with van der Waals surface area (Å²) < 4.78 is 12.3. The first-order valence-electron chi connectivity index (χ1n) is 6.13. The Hall–Kier alpha value is -1.51. The maximum Gasteiger partial charge on any atom is 0.411 e. The molecule has 1 amide bonds. The van der Waals surface area contributed by atoms with Crippen molar-refractivity contribution in [3.63, 3.8) is 0 Å². The molecule has 6 nitrogen and oxygen atoms in total. The van der Waals surface area contributed by atoms with E-state index in [2.05, 4.69) is 34.9 Å². The molecule has 1 unspecified atom stereocenters. The lowest BCUT2D eigenvalue weighted by atomic mass is 10.3. The second-order valence-corrected chi connectivity index (χ2v) is 13.2. The van der Waals surface area contributed by atoms with E-state index in [4.69, 9.17) is 5.11 Å². The number of aromatic amines is 1. The summed E-state index contributed by atoms with van der Waals surface area (Å²) in [4.78, 5) is 18.3. The standard InChI is InChI=1S/C12H17N3O3SSi/c1-20(2,3)7-19(18)8-4-5-9-10(6-8)14-11(13-9)15-12(16)17/h4-6H,7H2,1-3H3,(H,16,17)(H2,13,14,15). The van der Waals surface area contributed by atoms with Crippen LogP contribution in [0.1, 0.15) is 0 Å². The fourth-order valence-corrected chi connectivity index (χ4v) is 6.04. The monoisotopic (exact) mass is 311 g/mol. The van der Waals surface area contributed by atoms with Crippen molar-refractivity contribution >= 4 is 42.3 Å². The summed E-state index contributed by atoms with van der Waals surface area (Å²) in [5.74, 6) is 0.167. The minimum atomic E-state index is -1.41. The number of imidazole rings is 1. The van der Waals surface area contributed by atoms with Crippen molar-refractivity contribution in [1.29, 1.82) is 0 Å². The van der Waals surface area contributed by atoms with Crippen LogP contribution in [0.2, 0.25) is 19.6 Å². The van der Waals surface area contributed by atoms with Gasteiger partial charge >= 0.3 is 6.09 Å². The third kappa shape index (κ3) is 3.75. The fourth-order valence-electron chi connectivity index (χ4n) is 1.76. The molecular weight excluding hydrogens is 294 g/mol. The van der Waals surface area contributed by atoms with Gasteiger partial charge < -0.3 is 14.6 Å². The molecule has 108 valence electrons. The van der Waals surface area contributed by atoms with Crippen molar-refractivity contribution in [2.75, 3.05) is 10.7 Å². The summed E-state index contributed by atoms with van der Waals surface area (Å²) in [5.41, 5.74) is 1.32. The van der Waals surface area contributed by atoms with E-state index < -0.39 is 25.3 Å². The fraction of sp³-hybridized carbons (Fsp3) is 0.333. The number of hydrogen-bond acceptors (Lipinski definition) is 3. The Morgan fingerprint density at radius 1 is 1.50 bits per heavy atom. The molecule has 0 radical (unpaired) electrons. The number of H-pyrrole nitrogens is 1. The second kappa shape index (κ2) is 5.47. The molecule has 0 aliphatic rings. The predicted molar refractivity (Wildman–Crippen MR) is 82.4 cm³/mol. The molecule has 2 rings (SSSR count). The van der Waals surface area contributed by atoms with Gasteiger partial charge in [-0.15, -0.1) is 0 Å². The van der Waals surface area contributed by atoms with E-state index in [0.29, 0.717) is 16.4 Å². The van der Waals surface area contributed by atoms with E-state index >= 15 is 0 Å². The lowest BCUT2D eigenvalue weighted by Gasteiger charge is -2.18. The van der Waals surface area contributed by atoms with Gasteiger partial charge in [-0.25, -0.2) is 9.78 Å². The first-order valence-corrected chi connectivity index (χ1v) is 11.2. The smallest absolute Gasteiger partial charge is 0.411 e. The molecule has 1 aromatic carbocycles. The number of anilines is 1. The van der Waals surface area contributed by atoms with Gasteiger partial charge in [-0.2, -0.15) is 0 Å². The molecule has 8 heteroatoms. The number of nitrogens with one attached hydrogen (secondary N) is 2. The summed E-state index contributed by atoms with van der Waals surface area (Å²) in [6, 6.07) is 5.31. The molecule has 0 bridgehead atoms. The van der Waals surface area contributed by atoms with Crippen LogP contribution in [0.15, 0.2) is 23.1 Å². The van der Waals surface area contributed by atoms with Gasteiger partial charge in [0.2, 0.25) is 5.95 Å². The van der Waals surface area contributed by atoms with Crippen LogP contribution in [0.5, 0.6) is 0 Å². The van der Waals surface area contributed by atoms with Gasteiger partial charge in [0.25, 0.3) is 0 Å². The Bertz CT molecular complexity index is 638. The first kappa shape index (κ1) is 14.9. The molecule has 1 atom stereocenters. The SMILES string of the molecule is C[Si](C)(C)C[S+]([O-])c1ccc2[nH]c(NC(=O)O)nc2c1. The van der Waals surface area contributed by atoms with Crippen LogP contribution in [0, 0.1) is 0 Å². The average molecular weight is 311 g/mol. The quantitative estimate of drug-likeness (QED) is 0.596. The number of rotatable bonds is 4. The minimum Gasteiger partial charge on any atom is -0.612 e. The van der Waals surface area contributed by atoms with Crippen molar-refractivity contribution < 1.29 is 14.5 Å². The second-order valence-electron chi connectivity index (χ2n) is 5.75. The van der Waals surface area contributed by atoms with E-state index in [0.717, 1.165) is 4.90 Å². The lowest BCUT2D eigenvalue weighted by molar-refractivity contribution is 0.209. The zero-order valence-electron chi connectivity index (χ0n) is 11.6. The topological polar surface area (TPSA) is 101 Å². The van der Waals surface area contributed by atoms with Crippen molar-refractivity contribution in [3.8, 4) is 0 Å². The van der Waals surface area contributed by atoms with Crippen molar-refractivity contribution in [3.05, 3.63) is 18.2 Å². The number of aromatic nitrogens is 2. The maximum atomic E-state index is 12.3. The molecule has 0 fully saturated rings. The van der Waals surface area contributed by atoms with Crippen LogP contribution in [-0.2, 0) is 11.2 Å². The molecule has 0 saturated carbocycles. The van der Waals surface area contributed by atoms with Gasteiger partial charge in [-0.1, -0.05) is 19.6 Å². The number of fused-ring (bicyclic) bond motifs is 1. The molecule has 1 aromatic heterocycles. The Morgan fingerprint density at radius 2 is 2.20 bits per heavy atom. The summed E-state index contributed by atoms with van der Waals surface area (Å²) in [7, 11) is -1.41. The highest BCUT2D eigenvalue weighted by Gasteiger charge is 2.24. The first-order chi connectivity index (χ1) is 9.24. The highest BCUT2D eigenvalue weighted by molar-refractivity contribution is 7.93. The maximum absolute atomic E-state index is 12.3. The molecule has 20 heavy (non-hydrogen) atoms. The summed E-state index contributed by atoms with van der Waals surface area (Å²) in [6.45, 7) is 6.52. The third-order valence-electron chi connectivity index (χ3n) is 2.51. The molecule has 0 aliphatic heterocycles. The molecular formula is C12H17N3O3SSi. The zero-order valence-corrected chi connectivity index (χ0v) is 13.4. The van der Waals surface area contributed by atoms with Crippen LogP contribution in [0.25, 0.3) is 11.0 Å². The van der Waals surface area contributed by atoms with Gasteiger partial charge in [0.15, 0.2) is 4.90 Å². The predicted octanol–water partition coefficient (Wildman–Crippen LogP) is 2.64. The summed E-state index contributed by atoms with van der Waals surface area (Å²) in [6.07, 6.45) is -1.17. The van der Waals surface area contributed by atoms with Gasteiger partial charge in [0, 0.05) is 6.07 Å². The van der Waals surface area contributed by atoms with Crippen LogP contribution < -0.4 is 5.32 Å². The number of benzene rings is 1. The van der Waals surface area contributed by atoms with Crippen LogP contribution >= 0.6 is 0 Å². The summed E-state index contributed by atoms with van der Waals surface area (Å²) >= 11 is -1.04. The Balaban J connectivity index is 2.26. The normalized spacial score (nSPS) is 13.4. The summed E-state index contributed by atoms with van der Waals surface area (Å²) in [5, 5.41) is 11.5. The van der Waals surface area contributed by atoms with E-state index in [1.54, 1.807) is 18.2 Å². The largest absolute Gasteiger partial charge is 0.612 e. The number of hydrogen-bond donors (Lipinski definition) is 3.